The molecule has 0 saturated carbocycles. The largest absolute Gasteiger partial charge is 0.348 e. The van der Waals surface area contributed by atoms with E-state index < -0.39 is 0 Å². The molecule has 0 atom stereocenters. The zero-order chi connectivity index (χ0) is 11.1. The van der Waals surface area contributed by atoms with Crippen LogP contribution in [0.15, 0.2) is 6.07 Å². The topological polar surface area (TPSA) is 25.2 Å². The summed E-state index contributed by atoms with van der Waals surface area (Å²) < 4.78 is 4.25. The number of aryl methyl sites for hydroxylation is 1. The Labute approximate surface area is 99.9 Å². The summed E-state index contributed by atoms with van der Waals surface area (Å²) in [7, 11) is 0. The van der Waals surface area contributed by atoms with Crippen LogP contribution in [0.2, 0.25) is 0 Å². The fourth-order valence-corrected chi connectivity index (χ4v) is 3.32. The summed E-state index contributed by atoms with van der Waals surface area (Å²) in [6, 6.07) is 2.12. The van der Waals surface area contributed by atoms with Gasteiger partial charge in [0.25, 0.3) is 5.91 Å². The second-order valence-corrected chi connectivity index (χ2v) is 5.25. The summed E-state index contributed by atoms with van der Waals surface area (Å²) in [4.78, 5) is 12.2. The van der Waals surface area contributed by atoms with Crippen molar-refractivity contribution in [1.82, 2.24) is 8.87 Å². The highest BCUT2D eigenvalue weighted by Crippen LogP contribution is 2.29. The van der Waals surface area contributed by atoms with Crippen molar-refractivity contribution in [3.05, 3.63) is 23.0 Å². The first-order valence-electron chi connectivity index (χ1n) is 5.88. The molecule has 0 spiro atoms. The molecule has 1 aromatic heterocycles. The van der Waals surface area contributed by atoms with Crippen molar-refractivity contribution in [2.75, 3.05) is 12.8 Å². The normalized spacial score (nSPS) is 19.6. The molecule has 86 valence electrons. The number of nitrogens with zero attached hydrogens (tertiary/aromatic N) is 2. The molecular formula is C12H16N2OS. The highest BCUT2D eigenvalue weighted by molar-refractivity contribution is 7.96. The Morgan fingerprint density at radius 1 is 1.25 bits per heavy atom. The van der Waals surface area contributed by atoms with Gasteiger partial charge < -0.3 is 4.57 Å². The van der Waals surface area contributed by atoms with Gasteiger partial charge in [-0.1, -0.05) is 11.9 Å². The summed E-state index contributed by atoms with van der Waals surface area (Å²) in [6.45, 7) is 1.97. The molecule has 1 aromatic rings. The summed E-state index contributed by atoms with van der Waals surface area (Å²) in [5, 5.41) is 0. The third-order valence-corrected chi connectivity index (χ3v) is 4.38. The fraction of sp³-hybridized carbons (Fsp3) is 0.583. The number of amides is 1. The number of carbonyl (C=O) groups excluding carboxylic acids is 1. The van der Waals surface area contributed by atoms with Gasteiger partial charge in [-0.15, -0.1) is 0 Å². The van der Waals surface area contributed by atoms with Crippen LogP contribution in [0.1, 0.15) is 34.6 Å². The third kappa shape index (κ3) is 1.39. The van der Waals surface area contributed by atoms with Crippen LogP contribution in [0.25, 0.3) is 0 Å². The maximum absolute atomic E-state index is 12.2. The van der Waals surface area contributed by atoms with Crippen LogP contribution in [0.3, 0.4) is 0 Å². The van der Waals surface area contributed by atoms with Gasteiger partial charge in [0.1, 0.15) is 0 Å². The lowest BCUT2D eigenvalue weighted by Gasteiger charge is -2.26. The average Bonchev–Trinajstić information content (AvgIpc) is 2.69. The van der Waals surface area contributed by atoms with E-state index in [1.165, 1.54) is 36.2 Å². The van der Waals surface area contributed by atoms with E-state index in [-0.39, 0.29) is 5.91 Å². The molecule has 0 aliphatic carbocycles. The Kier molecular flexibility index (Phi) is 2.46. The predicted octanol–water partition coefficient (Wildman–Crippen LogP) is 2.10. The van der Waals surface area contributed by atoms with Crippen molar-refractivity contribution < 1.29 is 4.79 Å². The maximum atomic E-state index is 12.2. The summed E-state index contributed by atoms with van der Waals surface area (Å²) in [5.41, 5.74) is 3.61. The average molecular weight is 236 g/mol. The van der Waals surface area contributed by atoms with Crippen molar-refractivity contribution in [2.45, 2.75) is 32.2 Å². The van der Waals surface area contributed by atoms with Crippen molar-refractivity contribution >= 4 is 17.9 Å². The lowest BCUT2D eigenvalue weighted by atomic mass is 10.1. The first-order valence-corrected chi connectivity index (χ1v) is 7.06. The summed E-state index contributed by atoms with van der Waals surface area (Å²) in [6.07, 6.45) is 6.65. The third-order valence-electron chi connectivity index (χ3n) is 3.59. The fourth-order valence-electron chi connectivity index (χ4n) is 2.78. The number of carbonyl (C=O) groups is 1. The molecule has 2 aliphatic heterocycles. The molecule has 1 amide bonds. The van der Waals surface area contributed by atoms with Gasteiger partial charge in [0.2, 0.25) is 0 Å². The van der Waals surface area contributed by atoms with Gasteiger partial charge in [0.15, 0.2) is 0 Å². The van der Waals surface area contributed by atoms with E-state index in [0.717, 1.165) is 31.5 Å². The zero-order valence-electron chi connectivity index (χ0n) is 9.53. The molecule has 0 radical (unpaired) electrons. The summed E-state index contributed by atoms with van der Waals surface area (Å²) in [5.74, 6) is 0.204. The van der Waals surface area contributed by atoms with Gasteiger partial charge in [0.05, 0.1) is 5.56 Å². The number of hydrogen-bond donors (Lipinski definition) is 0. The quantitative estimate of drug-likeness (QED) is 0.698. The molecule has 0 fully saturated rings. The highest BCUT2D eigenvalue weighted by atomic mass is 32.2. The van der Waals surface area contributed by atoms with Crippen LogP contribution in [0.4, 0.5) is 0 Å². The van der Waals surface area contributed by atoms with E-state index in [9.17, 15) is 4.79 Å². The van der Waals surface area contributed by atoms with E-state index >= 15 is 0 Å². The number of aromatic nitrogens is 1. The monoisotopic (exact) mass is 236 g/mol. The number of fused-ring (bicyclic) bond motifs is 3. The molecule has 3 rings (SSSR count). The first-order chi connectivity index (χ1) is 7.81. The molecular weight excluding hydrogens is 220 g/mol. The molecule has 4 heteroatoms. The van der Waals surface area contributed by atoms with E-state index in [1.54, 1.807) is 0 Å². The molecule has 16 heavy (non-hydrogen) atoms. The van der Waals surface area contributed by atoms with Crippen LogP contribution in [0, 0.1) is 0 Å². The lowest BCUT2D eigenvalue weighted by molar-refractivity contribution is 0.0860. The first kappa shape index (κ1) is 10.3. The molecule has 0 saturated heterocycles. The predicted molar refractivity (Wildman–Crippen MR) is 65.6 cm³/mol. The Morgan fingerprint density at radius 2 is 2.12 bits per heavy atom. The van der Waals surface area contributed by atoms with Gasteiger partial charge in [-0.2, -0.15) is 0 Å². The standard InChI is InChI=1S/C12H16N2OS/c1-16-14-7-5-11-10(12(14)15)8-9-4-2-3-6-13(9)11/h8H,2-7H2,1H3. The smallest absolute Gasteiger partial charge is 0.265 e. The molecule has 0 bridgehead atoms. The van der Waals surface area contributed by atoms with Gasteiger partial charge in [-0.3, -0.25) is 9.10 Å². The second-order valence-electron chi connectivity index (χ2n) is 4.44. The van der Waals surface area contributed by atoms with Crippen molar-refractivity contribution in [3.8, 4) is 0 Å². The van der Waals surface area contributed by atoms with Gasteiger partial charge in [0, 0.05) is 37.2 Å². The van der Waals surface area contributed by atoms with Crippen LogP contribution in [-0.4, -0.2) is 27.6 Å². The van der Waals surface area contributed by atoms with Crippen molar-refractivity contribution in [1.29, 1.82) is 0 Å². The van der Waals surface area contributed by atoms with E-state index in [0.29, 0.717) is 0 Å². The highest BCUT2D eigenvalue weighted by Gasteiger charge is 2.29. The molecule has 2 aliphatic rings. The van der Waals surface area contributed by atoms with Gasteiger partial charge >= 0.3 is 0 Å². The van der Waals surface area contributed by atoms with Crippen molar-refractivity contribution in [2.24, 2.45) is 0 Å². The SMILES string of the molecule is CSN1CCc2c(cc3n2CCCC3)C1=O. The molecule has 0 aromatic carbocycles. The van der Waals surface area contributed by atoms with Crippen LogP contribution < -0.4 is 0 Å². The summed E-state index contributed by atoms with van der Waals surface area (Å²) >= 11 is 1.54. The Hall–Kier alpha value is -0.900. The lowest BCUT2D eigenvalue weighted by Crippen LogP contribution is -2.32. The molecule has 0 N–H and O–H groups in total. The zero-order valence-corrected chi connectivity index (χ0v) is 10.3. The molecule has 3 nitrogen and oxygen atoms in total. The minimum Gasteiger partial charge on any atom is -0.348 e. The van der Waals surface area contributed by atoms with Gasteiger partial charge in [-0.05, 0) is 25.3 Å². The Balaban J connectivity index is 2.05. The van der Waals surface area contributed by atoms with E-state index in [2.05, 4.69) is 10.6 Å². The Morgan fingerprint density at radius 3 is 2.94 bits per heavy atom. The molecule has 0 unspecified atom stereocenters. The van der Waals surface area contributed by atoms with Crippen molar-refractivity contribution in [3.63, 3.8) is 0 Å². The second kappa shape index (κ2) is 3.84. The van der Waals surface area contributed by atoms with Gasteiger partial charge in [-0.25, -0.2) is 0 Å². The maximum Gasteiger partial charge on any atom is 0.265 e. The van der Waals surface area contributed by atoms with Crippen LogP contribution in [0.5, 0.6) is 0 Å². The minimum atomic E-state index is 0.204. The van der Waals surface area contributed by atoms with Crippen LogP contribution in [-0.2, 0) is 19.4 Å². The number of rotatable bonds is 1. The molecule has 3 heterocycles. The van der Waals surface area contributed by atoms with E-state index in [1.807, 2.05) is 10.6 Å². The minimum absolute atomic E-state index is 0.204. The van der Waals surface area contributed by atoms with E-state index in [4.69, 9.17) is 0 Å². The van der Waals surface area contributed by atoms with Crippen LogP contribution >= 0.6 is 11.9 Å². The Bertz CT molecular complexity index is 438. The number of hydrogen-bond acceptors (Lipinski definition) is 2.